The van der Waals surface area contributed by atoms with Crippen molar-refractivity contribution in [3.63, 3.8) is 0 Å². The first-order valence-electron chi connectivity index (χ1n) is 5.52. The second-order valence-corrected chi connectivity index (χ2v) is 4.30. The second-order valence-electron chi connectivity index (χ2n) is 4.30. The zero-order valence-electron chi connectivity index (χ0n) is 10.7. The molecule has 96 valence electrons. The van der Waals surface area contributed by atoms with Crippen molar-refractivity contribution in [3.05, 3.63) is 15.8 Å². The van der Waals surface area contributed by atoms with E-state index in [0.717, 1.165) is 0 Å². The highest BCUT2D eigenvalue weighted by molar-refractivity contribution is 5.61. The Hall–Kier alpha value is -1.63. The fraction of sp³-hybridized carbons (Fsp3) is 0.700. The van der Waals surface area contributed by atoms with Gasteiger partial charge >= 0.3 is 5.69 Å². The number of likely N-dealkylation sites (N-methyl/N-ethyl adjacent to an activating group) is 1. The third-order valence-electron chi connectivity index (χ3n) is 2.57. The molecule has 0 saturated carbocycles. The van der Waals surface area contributed by atoms with Crippen LogP contribution in [0.2, 0.25) is 0 Å². The van der Waals surface area contributed by atoms with E-state index in [1.54, 1.807) is 23.7 Å². The molecular formula is C10H19N5O2. The Balaban J connectivity index is 3.32. The average molecular weight is 241 g/mol. The highest BCUT2D eigenvalue weighted by Crippen LogP contribution is 2.34. The third kappa shape index (κ3) is 2.55. The highest BCUT2D eigenvalue weighted by Gasteiger charge is 2.30. The van der Waals surface area contributed by atoms with Crippen molar-refractivity contribution in [2.75, 3.05) is 25.0 Å². The van der Waals surface area contributed by atoms with Crippen LogP contribution in [-0.2, 0) is 7.05 Å². The predicted octanol–water partition coefficient (Wildman–Crippen LogP) is 0.847. The molecule has 1 rings (SSSR count). The van der Waals surface area contributed by atoms with Gasteiger partial charge in [0.2, 0.25) is 5.82 Å². The zero-order chi connectivity index (χ0) is 13.2. The van der Waals surface area contributed by atoms with E-state index in [1.165, 1.54) is 0 Å². The van der Waals surface area contributed by atoms with Crippen LogP contribution in [0.1, 0.15) is 25.5 Å². The molecule has 7 heteroatoms. The van der Waals surface area contributed by atoms with E-state index in [-0.39, 0.29) is 16.5 Å². The minimum Gasteiger partial charge on any atom is -0.353 e. The first kappa shape index (κ1) is 13.4. The molecule has 0 aliphatic rings. The van der Waals surface area contributed by atoms with Crippen LogP contribution in [-0.4, -0.2) is 34.8 Å². The summed E-state index contributed by atoms with van der Waals surface area (Å²) >= 11 is 0. The number of hydrogen-bond donors (Lipinski definition) is 1. The number of aromatic nitrogens is 2. The average Bonchev–Trinajstić information content (AvgIpc) is 2.56. The molecule has 0 aliphatic heterocycles. The minimum atomic E-state index is -0.370. The molecule has 7 nitrogen and oxygen atoms in total. The molecule has 2 N–H and O–H groups in total. The van der Waals surface area contributed by atoms with E-state index in [0.29, 0.717) is 24.6 Å². The molecule has 0 amide bonds. The Morgan fingerprint density at radius 3 is 2.59 bits per heavy atom. The van der Waals surface area contributed by atoms with E-state index in [1.807, 2.05) is 13.8 Å². The smallest absolute Gasteiger partial charge is 0.334 e. The van der Waals surface area contributed by atoms with Gasteiger partial charge in [0.25, 0.3) is 0 Å². The maximum Gasteiger partial charge on any atom is 0.334 e. The molecule has 1 aromatic rings. The van der Waals surface area contributed by atoms with Gasteiger partial charge in [0.1, 0.15) is 5.69 Å². The predicted molar refractivity (Wildman–Crippen MR) is 66.3 cm³/mol. The van der Waals surface area contributed by atoms with Gasteiger partial charge in [0, 0.05) is 33.1 Å². The first-order valence-corrected chi connectivity index (χ1v) is 5.52. The highest BCUT2D eigenvalue weighted by atomic mass is 16.6. The molecule has 1 aromatic heterocycles. The summed E-state index contributed by atoms with van der Waals surface area (Å²) in [7, 11) is 3.49. The lowest BCUT2D eigenvalue weighted by Crippen LogP contribution is -2.27. The molecule has 0 aromatic carbocycles. The van der Waals surface area contributed by atoms with Crippen molar-refractivity contribution in [3.8, 4) is 0 Å². The Bertz CT molecular complexity index is 413. The Morgan fingerprint density at radius 1 is 1.59 bits per heavy atom. The van der Waals surface area contributed by atoms with Crippen LogP contribution in [0.3, 0.4) is 0 Å². The summed E-state index contributed by atoms with van der Waals surface area (Å²) in [6.07, 6.45) is 0. The number of hydrogen-bond acceptors (Lipinski definition) is 5. The summed E-state index contributed by atoms with van der Waals surface area (Å²) in [6, 6.07) is 0. The Kier molecular flexibility index (Phi) is 4.06. The summed E-state index contributed by atoms with van der Waals surface area (Å²) in [5, 5.41) is 15.4. The quantitative estimate of drug-likeness (QED) is 0.609. The van der Waals surface area contributed by atoms with Gasteiger partial charge in [-0.3, -0.25) is 10.1 Å². The minimum absolute atomic E-state index is 0.0154. The second kappa shape index (κ2) is 5.13. The van der Waals surface area contributed by atoms with Gasteiger partial charge in [0.15, 0.2) is 0 Å². The van der Waals surface area contributed by atoms with Gasteiger partial charge in [0.05, 0.1) is 4.92 Å². The Labute approximate surface area is 100 Å². The number of anilines is 1. The maximum absolute atomic E-state index is 11.2. The van der Waals surface area contributed by atoms with Crippen molar-refractivity contribution in [2.45, 2.75) is 19.8 Å². The standard InChI is InChI=1S/C10H19N5O2/c1-7(2)8-9(15(16)17)10(14(4)12-8)13(3)6-5-11/h7H,5-6,11H2,1-4H3. The van der Waals surface area contributed by atoms with Crippen molar-refractivity contribution < 1.29 is 4.92 Å². The van der Waals surface area contributed by atoms with Crippen molar-refractivity contribution in [2.24, 2.45) is 12.8 Å². The summed E-state index contributed by atoms with van der Waals surface area (Å²) in [6.45, 7) is 4.78. The fourth-order valence-electron chi connectivity index (χ4n) is 1.82. The monoisotopic (exact) mass is 241 g/mol. The van der Waals surface area contributed by atoms with Crippen molar-refractivity contribution in [1.29, 1.82) is 0 Å². The van der Waals surface area contributed by atoms with Gasteiger partial charge in [-0.1, -0.05) is 13.8 Å². The number of rotatable bonds is 5. The van der Waals surface area contributed by atoms with E-state index in [4.69, 9.17) is 5.73 Å². The van der Waals surface area contributed by atoms with Gasteiger partial charge in [-0.2, -0.15) is 5.10 Å². The topological polar surface area (TPSA) is 90.2 Å². The summed E-state index contributed by atoms with van der Waals surface area (Å²) in [5.74, 6) is 0.519. The van der Waals surface area contributed by atoms with Crippen LogP contribution in [0.15, 0.2) is 0 Å². The molecule has 1 heterocycles. The SMILES string of the molecule is CC(C)c1nn(C)c(N(C)CCN)c1[N+](=O)[O-]. The van der Waals surface area contributed by atoms with Gasteiger partial charge in [-0.25, -0.2) is 4.68 Å². The molecule has 0 spiro atoms. The molecule has 0 unspecified atom stereocenters. The lowest BCUT2D eigenvalue weighted by molar-refractivity contribution is -0.385. The van der Waals surface area contributed by atoms with Crippen LogP contribution in [0.25, 0.3) is 0 Å². The van der Waals surface area contributed by atoms with Crippen LogP contribution in [0.4, 0.5) is 11.5 Å². The maximum atomic E-state index is 11.2. The fourth-order valence-corrected chi connectivity index (χ4v) is 1.82. The van der Waals surface area contributed by atoms with Crippen LogP contribution in [0.5, 0.6) is 0 Å². The summed E-state index contributed by atoms with van der Waals surface area (Å²) in [4.78, 5) is 12.6. The molecule has 0 fully saturated rings. The van der Waals surface area contributed by atoms with Gasteiger partial charge in [-0.15, -0.1) is 0 Å². The normalized spacial score (nSPS) is 10.9. The van der Waals surface area contributed by atoms with E-state index in [9.17, 15) is 10.1 Å². The molecule has 0 bridgehead atoms. The Morgan fingerprint density at radius 2 is 2.18 bits per heavy atom. The van der Waals surface area contributed by atoms with Gasteiger partial charge in [-0.05, 0) is 0 Å². The first-order chi connectivity index (χ1) is 7.90. The van der Waals surface area contributed by atoms with Gasteiger partial charge < -0.3 is 10.6 Å². The van der Waals surface area contributed by atoms with E-state index >= 15 is 0 Å². The number of aryl methyl sites for hydroxylation is 1. The van der Waals surface area contributed by atoms with Crippen molar-refractivity contribution in [1.82, 2.24) is 9.78 Å². The van der Waals surface area contributed by atoms with Crippen molar-refractivity contribution >= 4 is 11.5 Å². The molecule has 17 heavy (non-hydrogen) atoms. The molecule has 0 radical (unpaired) electrons. The van der Waals surface area contributed by atoms with Crippen LogP contribution < -0.4 is 10.6 Å². The number of nitro groups is 1. The molecule has 0 saturated heterocycles. The van der Waals surface area contributed by atoms with E-state index < -0.39 is 0 Å². The zero-order valence-corrected chi connectivity index (χ0v) is 10.7. The number of nitrogens with zero attached hydrogens (tertiary/aromatic N) is 4. The summed E-state index contributed by atoms with van der Waals surface area (Å²) < 4.78 is 1.54. The van der Waals surface area contributed by atoms with E-state index in [2.05, 4.69) is 5.10 Å². The number of nitrogens with two attached hydrogens (primary N) is 1. The van der Waals surface area contributed by atoms with Crippen LogP contribution in [0, 0.1) is 10.1 Å². The summed E-state index contributed by atoms with van der Waals surface area (Å²) in [5.41, 5.74) is 6.06. The van der Waals surface area contributed by atoms with Crippen LogP contribution >= 0.6 is 0 Å². The molecule has 0 atom stereocenters. The largest absolute Gasteiger partial charge is 0.353 e. The molecule has 0 aliphatic carbocycles. The lowest BCUT2D eigenvalue weighted by Gasteiger charge is -2.16. The third-order valence-corrected chi connectivity index (χ3v) is 2.57. The lowest BCUT2D eigenvalue weighted by atomic mass is 10.1. The molecular weight excluding hydrogens is 222 g/mol.